The van der Waals surface area contributed by atoms with Crippen LogP contribution in [0.15, 0.2) is 0 Å². The van der Waals surface area contributed by atoms with E-state index in [4.69, 9.17) is 0 Å². The zero-order valence-electron chi connectivity index (χ0n) is 13.0. The van der Waals surface area contributed by atoms with Gasteiger partial charge in [-0.15, -0.1) is 0 Å². The molecular formula is C13H26N2O5S. The number of ether oxygens (including phenoxy) is 1. The number of hydrogen-bond donors (Lipinski definition) is 2. The highest BCUT2D eigenvalue weighted by Gasteiger charge is 2.33. The minimum atomic E-state index is -3.70. The van der Waals surface area contributed by atoms with Crippen LogP contribution in [0.4, 0.5) is 0 Å². The molecule has 0 spiro atoms. The van der Waals surface area contributed by atoms with Crippen LogP contribution >= 0.6 is 0 Å². The molecule has 1 fully saturated rings. The van der Waals surface area contributed by atoms with E-state index >= 15 is 0 Å². The largest absolute Gasteiger partial charge is 0.469 e. The van der Waals surface area contributed by atoms with E-state index in [-0.39, 0.29) is 19.5 Å². The average Bonchev–Trinajstić information content (AvgIpc) is 2.46. The summed E-state index contributed by atoms with van der Waals surface area (Å²) in [6, 6.07) is 0. The van der Waals surface area contributed by atoms with Gasteiger partial charge in [-0.2, -0.15) is 17.4 Å². The summed E-state index contributed by atoms with van der Waals surface area (Å²) >= 11 is 0. The molecule has 0 unspecified atom stereocenters. The first-order valence-corrected chi connectivity index (χ1v) is 8.63. The van der Waals surface area contributed by atoms with Crippen molar-refractivity contribution < 1.29 is 23.1 Å². The molecule has 124 valence electrons. The van der Waals surface area contributed by atoms with Gasteiger partial charge < -0.3 is 9.84 Å². The summed E-state index contributed by atoms with van der Waals surface area (Å²) in [6.45, 7) is 2.17. The Labute approximate surface area is 126 Å². The Hall–Kier alpha value is -0.700. The predicted octanol–water partition coefficient (Wildman–Crippen LogP) is 0.257. The fourth-order valence-corrected chi connectivity index (χ4v) is 3.29. The fraction of sp³-hybridized carbons (Fsp3) is 0.923. The van der Waals surface area contributed by atoms with E-state index in [1.807, 2.05) is 0 Å². The second-order valence-electron chi connectivity index (χ2n) is 5.88. The first-order valence-electron chi connectivity index (χ1n) is 7.19. The molecule has 0 aliphatic heterocycles. The van der Waals surface area contributed by atoms with Gasteiger partial charge in [-0.3, -0.25) is 4.79 Å². The highest BCUT2D eigenvalue weighted by molar-refractivity contribution is 7.87. The number of hydrogen-bond acceptors (Lipinski definition) is 5. The molecule has 0 bridgehead atoms. The van der Waals surface area contributed by atoms with Crippen molar-refractivity contribution in [2.75, 3.05) is 27.2 Å². The van der Waals surface area contributed by atoms with Crippen LogP contribution in [0.2, 0.25) is 0 Å². The topological polar surface area (TPSA) is 95.9 Å². The Bertz CT molecular complexity index is 443. The molecule has 0 radical (unpaired) electrons. The van der Waals surface area contributed by atoms with E-state index in [2.05, 4.69) is 16.4 Å². The molecule has 1 rings (SSSR count). The van der Waals surface area contributed by atoms with Crippen molar-refractivity contribution in [1.29, 1.82) is 0 Å². The van der Waals surface area contributed by atoms with Crippen LogP contribution in [0.5, 0.6) is 0 Å². The lowest BCUT2D eigenvalue weighted by Gasteiger charge is -2.35. The van der Waals surface area contributed by atoms with E-state index in [1.165, 1.54) is 14.2 Å². The Morgan fingerprint density at radius 2 is 2.00 bits per heavy atom. The Morgan fingerprint density at radius 1 is 1.43 bits per heavy atom. The number of esters is 1. The van der Waals surface area contributed by atoms with Crippen LogP contribution in [0.3, 0.4) is 0 Å². The lowest BCUT2D eigenvalue weighted by atomic mass is 9.80. The van der Waals surface area contributed by atoms with Crippen molar-refractivity contribution in [2.24, 2.45) is 5.92 Å². The van der Waals surface area contributed by atoms with Gasteiger partial charge in [0.2, 0.25) is 0 Å². The van der Waals surface area contributed by atoms with Crippen molar-refractivity contribution in [3.05, 3.63) is 0 Å². The fourth-order valence-electron chi connectivity index (χ4n) is 2.28. The predicted molar refractivity (Wildman–Crippen MR) is 78.8 cm³/mol. The second-order valence-corrected chi connectivity index (χ2v) is 7.74. The number of aliphatic hydroxyl groups is 1. The third-order valence-electron chi connectivity index (χ3n) is 4.06. The molecule has 1 saturated carbocycles. The molecule has 0 atom stereocenters. The summed E-state index contributed by atoms with van der Waals surface area (Å²) in [6.07, 6.45) is 2.99. The normalized spacial score (nSPS) is 26.8. The number of nitrogens with zero attached hydrogens (tertiary/aromatic N) is 1. The summed E-state index contributed by atoms with van der Waals surface area (Å²) in [4.78, 5) is 11.0. The van der Waals surface area contributed by atoms with Crippen LogP contribution in [0, 0.1) is 5.92 Å². The van der Waals surface area contributed by atoms with Gasteiger partial charge in [0.25, 0.3) is 10.2 Å². The molecule has 8 heteroatoms. The van der Waals surface area contributed by atoms with Crippen molar-refractivity contribution >= 4 is 16.2 Å². The molecule has 0 amide bonds. The number of carbonyl (C=O) groups excluding carboxylic acids is 1. The molecule has 7 nitrogen and oxygen atoms in total. The summed E-state index contributed by atoms with van der Waals surface area (Å²) in [7, 11) is -1.05. The number of rotatable bonds is 7. The van der Waals surface area contributed by atoms with Crippen LogP contribution in [0.1, 0.15) is 39.0 Å². The van der Waals surface area contributed by atoms with Crippen molar-refractivity contribution in [1.82, 2.24) is 9.03 Å². The van der Waals surface area contributed by atoms with Crippen molar-refractivity contribution in [3.8, 4) is 0 Å². The summed E-state index contributed by atoms with van der Waals surface area (Å²) < 4.78 is 32.0. The Kier molecular flexibility index (Phi) is 6.58. The van der Waals surface area contributed by atoms with Crippen LogP contribution in [-0.2, 0) is 19.7 Å². The van der Waals surface area contributed by atoms with Gasteiger partial charge in [-0.05, 0) is 31.6 Å². The summed E-state index contributed by atoms with van der Waals surface area (Å²) in [5.41, 5.74) is -0.969. The maximum Gasteiger partial charge on any atom is 0.306 e. The number of carbonyl (C=O) groups is 1. The van der Waals surface area contributed by atoms with E-state index in [9.17, 15) is 18.3 Å². The smallest absolute Gasteiger partial charge is 0.306 e. The molecule has 1 aliphatic carbocycles. The van der Waals surface area contributed by atoms with Gasteiger partial charge in [-0.1, -0.05) is 6.92 Å². The van der Waals surface area contributed by atoms with Crippen LogP contribution in [-0.4, -0.2) is 56.6 Å². The minimum absolute atomic E-state index is 0.00427. The monoisotopic (exact) mass is 322 g/mol. The van der Waals surface area contributed by atoms with Gasteiger partial charge in [0.05, 0.1) is 19.1 Å². The van der Waals surface area contributed by atoms with E-state index in [1.54, 1.807) is 0 Å². The second kappa shape index (κ2) is 7.53. The molecular weight excluding hydrogens is 296 g/mol. The third kappa shape index (κ3) is 5.90. The van der Waals surface area contributed by atoms with E-state index in [0.717, 1.165) is 17.1 Å². The molecule has 0 heterocycles. The lowest BCUT2D eigenvalue weighted by molar-refractivity contribution is -0.140. The third-order valence-corrected chi connectivity index (χ3v) is 5.57. The maximum atomic E-state index is 12.0. The highest BCUT2D eigenvalue weighted by atomic mass is 32.2. The quantitative estimate of drug-likeness (QED) is 0.655. The first-order chi connectivity index (χ1) is 9.68. The molecule has 0 aromatic rings. The van der Waals surface area contributed by atoms with E-state index < -0.39 is 21.8 Å². The molecule has 1 aliphatic rings. The molecule has 0 aromatic heterocycles. The minimum Gasteiger partial charge on any atom is -0.469 e. The molecule has 2 N–H and O–H groups in total. The number of methoxy groups -OCH3 is 1. The highest BCUT2D eigenvalue weighted by Crippen LogP contribution is 2.31. The van der Waals surface area contributed by atoms with Crippen molar-refractivity contribution in [2.45, 2.75) is 44.6 Å². The van der Waals surface area contributed by atoms with Gasteiger partial charge in [0, 0.05) is 20.1 Å². The Balaban J connectivity index is 2.46. The summed E-state index contributed by atoms with van der Waals surface area (Å²) in [5.74, 6) is 0.113. The Morgan fingerprint density at radius 3 is 2.52 bits per heavy atom. The molecule has 0 saturated heterocycles. The first kappa shape index (κ1) is 18.3. The van der Waals surface area contributed by atoms with Gasteiger partial charge >= 0.3 is 5.97 Å². The van der Waals surface area contributed by atoms with Gasteiger partial charge in [-0.25, -0.2) is 0 Å². The van der Waals surface area contributed by atoms with Gasteiger partial charge in [0.15, 0.2) is 0 Å². The van der Waals surface area contributed by atoms with Crippen molar-refractivity contribution in [3.63, 3.8) is 0 Å². The number of nitrogens with one attached hydrogen (secondary N) is 1. The zero-order valence-corrected chi connectivity index (χ0v) is 13.8. The van der Waals surface area contributed by atoms with E-state index in [0.29, 0.717) is 18.8 Å². The lowest BCUT2D eigenvalue weighted by Crippen LogP contribution is -2.48. The summed E-state index contributed by atoms with van der Waals surface area (Å²) in [5, 5.41) is 10.4. The van der Waals surface area contributed by atoms with Crippen LogP contribution < -0.4 is 4.72 Å². The maximum absolute atomic E-state index is 12.0. The molecule has 0 aromatic carbocycles. The SMILES string of the molecule is COC(=O)CCN(C)S(=O)(=O)NCC1(O)CCC(C)CC1. The zero-order chi connectivity index (χ0) is 16.1. The average molecular weight is 322 g/mol. The molecule has 21 heavy (non-hydrogen) atoms. The van der Waals surface area contributed by atoms with Crippen LogP contribution in [0.25, 0.3) is 0 Å². The standard InChI is InChI=1S/C13H26N2O5S/c1-11-4-7-13(17,8-5-11)10-14-21(18,19)15(2)9-6-12(16)20-3/h11,14,17H,4-10H2,1-3H3. The van der Waals surface area contributed by atoms with Gasteiger partial charge in [0.1, 0.15) is 0 Å².